The second kappa shape index (κ2) is 4.51. The van der Waals surface area contributed by atoms with Gasteiger partial charge in [0.2, 0.25) is 6.43 Å². The highest BCUT2D eigenvalue weighted by Crippen LogP contribution is 2.23. The van der Waals surface area contributed by atoms with Gasteiger partial charge in [-0.2, -0.15) is 0 Å². The van der Waals surface area contributed by atoms with Gasteiger partial charge in [0.05, 0.1) is 17.5 Å². The summed E-state index contributed by atoms with van der Waals surface area (Å²) in [5.74, 6) is 0. The number of hydrogen-bond acceptors (Lipinski definition) is 1. The summed E-state index contributed by atoms with van der Waals surface area (Å²) in [7, 11) is 0. The van der Waals surface area contributed by atoms with Crippen LogP contribution in [-0.2, 0) is 6.42 Å². The maximum atomic E-state index is 12.1. The summed E-state index contributed by atoms with van der Waals surface area (Å²) in [6.07, 6.45) is -1.20. The van der Waals surface area contributed by atoms with Gasteiger partial charge in [-0.15, -0.1) is 11.6 Å². The molecule has 1 rings (SSSR count). The van der Waals surface area contributed by atoms with Crippen molar-refractivity contribution in [2.45, 2.75) is 25.1 Å². The molecule has 1 heterocycles. The van der Waals surface area contributed by atoms with E-state index in [1.165, 1.54) is 6.20 Å². The van der Waals surface area contributed by atoms with Gasteiger partial charge < -0.3 is 0 Å². The van der Waals surface area contributed by atoms with Gasteiger partial charge in [0.25, 0.3) is 0 Å². The summed E-state index contributed by atoms with van der Waals surface area (Å²) < 4.78 is 24.2. The number of rotatable bonds is 3. The van der Waals surface area contributed by atoms with E-state index in [1.807, 2.05) is 0 Å². The Hall–Kier alpha value is -0.700. The van der Waals surface area contributed by atoms with Crippen molar-refractivity contribution in [3.8, 4) is 0 Å². The molecule has 0 aliphatic heterocycles. The molecule has 0 saturated carbocycles. The molecule has 0 spiro atoms. The average molecular weight is 206 g/mol. The molecule has 1 nitrogen and oxygen atoms in total. The fraction of sp³-hybridized carbons (Fsp3) is 0.444. The summed E-state index contributed by atoms with van der Waals surface area (Å²) in [5, 5.41) is -0.276. The third-order valence-corrected chi connectivity index (χ3v) is 1.94. The fourth-order valence-corrected chi connectivity index (χ4v) is 1.33. The van der Waals surface area contributed by atoms with Crippen LogP contribution in [0, 0.1) is 0 Å². The Bertz CT molecular complexity index is 276. The van der Waals surface area contributed by atoms with Crippen LogP contribution in [-0.4, -0.2) is 11.4 Å². The zero-order valence-electron chi connectivity index (χ0n) is 7.17. The quantitative estimate of drug-likeness (QED) is 0.691. The van der Waals surface area contributed by atoms with Crippen LogP contribution in [0.3, 0.4) is 0 Å². The van der Waals surface area contributed by atoms with Crippen molar-refractivity contribution < 1.29 is 8.78 Å². The molecule has 0 aromatic carbocycles. The number of nitrogens with zero attached hydrogens (tertiary/aromatic N) is 1. The van der Waals surface area contributed by atoms with Crippen molar-refractivity contribution in [2.75, 3.05) is 0 Å². The Morgan fingerprint density at radius 2 is 2.23 bits per heavy atom. The lowest BCUT2D eigenvalue weighted by Gasteiger charge is -2.08. The lowest BCUT2D eigenvalue weighted by Crippen LogP contribution is -2.04. The van der Waals surface area contributed by atoms with Crippen LogP contribution >= 0.6 is 11.6 Å². The molecule has 72 valence electrons. The van der Waals surface area contributed by atoms with Crippen molar-refractivity contribution >= 4 is 11.6 Å². The highest BCUT2D eigenvalue weighted by atomic mass is 35.5. The van der Waals surface area contributed by atoms with E-state index in [9.17, 15) is 8.78 Å². The molecule has 13 heavy (non-hydrogen) atoms. The van der Waals surface area contributed by atoms with Gasteiger partial charge in [-0.25, -0.2) is 8.78 Å². The molecule has 1 unspecified atom stereocenters. The number of halogens is 3. The predicted octanol–water partition coefficient (Wildman–Crippen LogP) is 3.19. The van der Waals surface area contributed by atoms with Crippen molar-refractivity contribution in [3.63, 3.8) is 0 Å². The van der Waals surface area contributed by atoms with Gasteiger partial charge in [-0.05, 0) is 18.6 Å². The molecular weight excluding hydrogens is 196 g/mol. The molecule has 0 amide bonds. The highest BCUT2D eigenvalue weighted by molar-refractivity contribution is 6.20. The molecule has 0 bridgehead atoms. The average Bonchev–Trinajstić information content (AvgIpc) is 2.03. The van der Waals surface area contributed by atoms with Crippen molar-refractivity contribution in [1.82, 2.24) is 4.98 Å². The number of alkyl halides is 3. The molecule has 0 fully saturated rings. The van der Waals surface area contributed by atoms with E-state index in [0.717, 1.165) is 0 Å². The monoisotopic (exact) mass is 205 g/mol. The maximum absolute atomic E-state index is 12.1. The molecule has 0 aliphatic rings. The van der Waals surface area contributed by atoms with Crippen molar-refractivity contribution in [1.29, 1.82) is 0 Å². The maximum Gasteiger partial charge on any atom is 0.244 e. The van der Waals surface area contributed by atoms with Crippen LogP contribution in [0.5, 0.6) is 0 Å². The van der Waals surface area contributed by atoms with E-state index in [-0.39, 0.29) is 11.8 Å². The summed E-state index contributed by atoms with van der Waals surface area (Å²) >= 11 is 5.81. The van der Waals surface area contributed by atoms with Crippen LogP contribution in [0.1, 0.15) is 23.6 Å². The molecule has 1 aromatic rings. The van der Waals surface area contributed by atoms with Crippen molar-refractivity contribution in [2.24, 2.45) is 0 Å². The van der Waals surface area contributed by atoms with Crippen LogP contribution in [0.25, 0.3) is 0 Å². The molecule has 0 radical (unpaired) electrons. The first-order valence-electron chi connectivity index (χ1n) is 3.97. The number of aromatic nitrogens is 1. The van der Waals surface area contributed by atoms with Crippen LogP contribution in [0.2, 0.25) is 0 Å². The standard InChI is InChI=1S/C9H10ClF2N/c1-6(10)7-3-2-4-13-8(7)5-9(11)12/h2-4,6,9H,5H2,1H3. The Kier molecular flexibility index (Phi) is 3.60. The first kappa shape index (κ1) is 10.4. The zero-order valence-corrected chi connectivity index (χ0v) is 7.93. The van der Waals surface area contributed by atoms with E-state index in [1.54, 1.807) is 19.1 Å². The normalized spacial score (nSPS) is 13.3. The molecule has 0 N–H and O–H groups in total. The molecular formula is C9H10ClF2N. The minimum absolute atomic E-state index is 0.276. The Morgan fingerprint density at radius 3 is 2.77 bits per heavy atom. The summed E-state index contributed by atoms with van der Waals surface area (Å²) in [6.45, 7) is 1.74. The third kappa shape index (κ3) is 2.92. The Balaban J connectivity index is 2.91. The van der Waals surface area contributed by atoms with E-state index < -0.39 is 6.43 Å². The molecule has 0 saturated heterocycles. The van der Waals surface area contributed by atoms with E-state index in [0.29, 0.717) is 11.3 Å². The highest BCUT2D eigenvalue weighted by Gasteiger charge is 2.12. The second-order valence-electron chi connectivity index (χ2n) is 2.75. The van der Waals surface area contributed by atoms with Gasteiger partial charge >= 0.3 is 0 Å². The molecule has 1 atom stereocenters. The molecule has 4 heteroatoms. The third-order valence-electron chi connectivity index (χ3n) is 1.70. The summed E-state index contributed by atoms with van der Waals surface area (Å²) in [4.78, 5) is 3.88. The Morgan fingerprint density at radius 1 is 1.54 bits per heavy atom. The minimum Gasteiger partial charge on any atom is -0.261 e. The van der Waals surface area contributed by atoms with Crippen LogP contribution in [0.4, 0.5) is 8.78 Å². The topological polar surface area (TPSA) is 12.9 Å². The minimum atomic E-state index is -2.37. The summed E-state index contributed by atoms with van der Waals surface area (Å²) in [6, 6.07) is 3.42. The van der Waals surface area contributed by atoms with Gasteiger partial charge in [0, 0.05) is 6.20 Å². The van der Waals surface area contributed by atoms with Gasteiger partial charge in [-0.3, -0.25) is 4.98 Å². The largest absolute Gasteiger partial charge is 0.261 e. The van der Waals surface area contributed by atoms with E-state index in [4.69, 9.17) is 11.6 Å². The predicted molar refractivity (Wildman–Crippen MR) is 48.2 cm³/mol. The molecule has 0 aliphatic carbocycles. The lowest BCUT2D eigenvalue weighted by molar-refractivity contribution is 0.147. The second-order valence-corrected chi connectivity index (χ2v) is 3.41. The molecule has 1 aromatic heterocycles. The first-order valence-corrected chi connectivity index (χ1v) is 4.41. The lowest BCUT2D eigenvalue weighted by atomic mass is 10.1. The van der Waals surface area contributed by atoms with E-state index >= 15 is 0 Å². The number of hydrogen-bond donors (Lipinski definition) is 0. The van der Waals surface area contributed by atoms with Gasteiger partial charge in [0.15, 0.2) is 0 Å². The smallest absolute Gasteiger partial charge is 0.244 e. The first-order chi connectivity index (χ1) is 6.11. The van der Waals surface area contributed by atoms with E-state index in [2.05, 4.69) is 4.98 Å². The number of pyridine rings is 1. The Labute approximate surface area is 80.7 Å². The van der Waals surface area contributed by atoms with Crippen LogP contribution < -0.4 is 0 Å². The fourth-order valence-electron chi connectivity index (χ4n) is 1.13. The van der Waals surface area contributed by atoms with Gasteiger partial charge in [0.1, 0.15) is 0 Å². The van der Waals surface area contributed by atoms with Gasteiger partial charge in [-0.1, -0.05) is 6.07 Å². The van der Waals surface area contributed by atoms with Crippen molar-refractivity contribution in [3.05, 3.63) is 29.6 Å². The SMILES string of the molecule is CC(Cl)c1cccnc1CC(F)F. The zero-order chi connectivity index (χ0) is 9.84. The summed E-state index contributed by atoms with van der Waals surface area (Å²) in [5.41, 5.74) is 1.07. The van der Waals surface area contributed by atoms with Crippen LogP contribution in [0.15, 0.2) is 18.3 Å².